The van der Waals surface area contributed by atoms with Gasteiger partial charge in [0.25, 0.3) is 0 Å². The molecule has 0 aromatic heterocycles. The number of hydrogen-bond donors (Lipinski definition) is 2. The lowest BCUT2D eigenvalue weighted by Gasteiger charge is -2.09. The van der Waals surface area contributed by atoms with Crippen LogP contribution < -0.4 is 5.32 Å². The van der Waals surface area contributed by atoms with Gasteiger partial charge >= 0.3 is 12.1 Å². The lowest BCUT2D eigenvalue weighted by atomic mass is 10.3. The van der Waals surface area contributed by atoms with Gasteiger partial charge in [-0.15, -0.1) is 0 Å². The third kappa shape index (κ3) is 3.26. The Labute approximate surface area is 96.4 Å². The summed E-state index contributed by atoms with van der Waals surface area (Å²) in [6.45, 7) is 0. The van der Waals surface area contributed by atoms with Crippen molar-refractivity contribution in [2.45, 2.75) is 6.18 Å². The molecule has 1 aromatic carbocycles. The molecule has 0 aliphatic rings. The van der Waals surface area contributed by atoms with Crippen molar-refractivity contribution in [2.24, 2.45) is 0 Å². The standard InChI is InChI=1S/C8H5F3INO2/c9-8(10,11)7(15)13-5-2-1-4(12)3-6(5)14/h1-3,14H,(H,13,15). The molecule has 1 aromatic rings. The minimum absolute atomic E-state index is 0.266. The van der Waals surface area contributed by atoms with E-state index in [-0.39, 0.29) is 5.69 Å². The predicted molar refractivity (Wildman–Crippen MR) is 55.5 cm³/mol. The molecular formula is C8H5F3INO2. The Bertz CT molecular complexity index is 392. The number of rotatable bonds is 1. The third-order valence-electron chi connectivity index (χ3n) is 1.47. The van der Waals surface area contributed by atoms with Crippen LogP contribution in [0.3, 0.4) is 0 Å². The molecule has 1 amide bonds. The van der Waals surface area contributed by atoms with Gasteiger partial charge in [-0.05, 0) is 40.8 Å². The van der Waals surface area contributed by atoms with Gasteiger partial charge in [-0.1, -0.05) is 0 Å². The number of phenols is 1. The zero-order valence-electron chi connectivity index (χ0n) is 7.10. The van der Waals surface area contributed by atoms with E-state index < -0.39 is 17.8 Å². The van der Waals surface area contributed by atoms with E-state index in [1.54, 1.807) is 5.32 Å². The zero-order valence-corrected chi connectivity index (χ0v) is 9.26. The number of carbonyl (C=O) groups excluding carboxylic acids is 1. The van der Waals surface area contributed by atoms with Crippen molar-refractivity contribution in [2.75, 3.05) is 5.32 Å². The van der Waals surface area contributed by atoms with E-state index >= 15 is 0 Å². The van der Waals surface area contributed by atoms with Gasteiger partial charge < -0.3 is 10.4 Å². The fourth-order valence-corrected chi connectivity index (χ4v) is 1.28. The molecule has 7 heteroatoms. The summed E-state index contributed by atoms with van der Waals surface area (Å²) in [6.07, 6.45) is -4.96. The average molecular weight is 331 g/mol. The Kier molecular flexibility index (Phi) is 3.42. The Hall–Kier alpha value is -0.990. The Morgan fingerprint density at radius 3 is 2.47 bits per heavy atom. The summed E-state index contributed by atoms with van der Waals surface area (Å²) in [5.74, 6) is -2.52. The summed E-state index contributed by atoms with van der Waals surface area (Å²) in [5.41, 5.74) is -0.266. The van der Waals surface area contributed by atoms with Crippen LogP contribution in [0.1, 0.15) is 0 Å². The van der Waals surface area contributed by atoms with E-state index in [1.165, 1.54) is 18.2 Å². The van der Waals surface area contributed by atoms with Crippen LogP contribution in [-0.4, -0.2) is 17.2 Å². The van der Waals surface area contributed by atoms with Crippen molar-refractivity contribution in [3.63, 3.8) is 0 Å². The minimum atomic E-state index is -4.96. The van der Waals surface area contributed by atoms with Gasteiger partial charge in [0.2, 0.25) is 0 Å². The Balaban J connectivity index is 2.87. The molecule has 2 N–H and O–H groups in total. The zero-order chi connectivity index (χ0) is 11.6. The number of halogens is 4. The number of phenolic OH excluding ortho intramolecular Hbond substituents is 1. The smallest absolute Gasteiger partial charge is 0.471 e. The quantitative estimate of drug-likeness (QED) is 0.614. The van der Waals surface area contributed by atoms with Crippen molar-refractivity contribution >= 4 is 34.2 Å². The second-order valence-corrected chi connectivity index (χ2v) is 3.86. The SMILES string of the molecule is O=C(Nc1ccc(I)cc1O)C(F)(F)F. The van der Waals surface area contributed by atoms with Crippen LogP contribution in [0.5, 0.6) is 5.75 Å². The molecule has 0 aliphatic carbocycles. The van der Waals surface area contributed by atoms with Crippen LogP contribution in [0.25, 0.3) is 0 Å². The summed E-state index contributed by atoms with van der Waals surface area (Å²) in [7, 11) is 0. The van der Waals surface area contributed by atoms with Crippen LogP contribution in [0, 0.1) is 3.57 Å². The van der Waals surface area contributed by atoms with Crippen molar-refractivity contribution in [3.8, 4) is 5.75 Å². The molecule has 0 atom stereocenters. The van der Waals surface area contributed by atoms with Crippen LogP contribution in [0.15, 0.2) is 18.2 Å². The summed E-state index contributed by atoms with van der Waals surface area (Å²) < 4.78 is 36.2. The lowest BCUT2D eigenvalue weighted by molar-refractivity contribution is -0.167. The first-order valence-electron chi connectivity index (χ1n) is 3.67. The molecule has 0 saturated heterocycles. The van der Waals surface area contributed by atoms with E-state index in [0.29, 0.717) is 3.57 Å². The highest BCUT2D eigenvalue weighted by Gasteiger charge is 2.38. The highest BCUT2D eigenvalue weighted by molar-refractivity contribution is 14.1. The molecule has 0 fully saturated rings. The lowest BCUT2D eigenvalue weighted by Crippen LogP contribution is -2.29. The molecule has 1 rings (SSSR count). The van der Waals surface area contributed by atoms with Crippen molar-refractivity contribution in [1.29, 1.82) is 0 Å². The highest BCUT2D eigenvalue weighted by Crippen LogP contribution is 2.27. The number of hydrogen-bond acceptors (Lipinski definition) is 2. The number of carbonyl (C=O) groups is 1. The van der Waals surface area contributed by atoms with Crippen molar-refractivity contribution < 1.29 is 23.1 Å². The maximum absolute atomic E-state index is 11.9. The average Bonchev–Trinajstić information content (AvgIpc) is 2.08. The molecule has 3 nitrogen and oxygen atoms in total. The summed E-state index contributed by atoms with van der Waals surface area (Å²) in [5, 5.41) is 10.8. The molecule has 0 radical (unpaired) electrons. The second kappa shape index (κ2) is 4.25. The molecule has 0 heterocycles. The van der Waals surface area contributed by atoms with Crippen molar-refractivity contribution in [1.82, 2.24) is 0 Å². The molecule has 0 unspecified atom stereocenters. The van der Waals surface area contributed by atoms with Gasteiger partial charge in [-0.25, -0.2) is 0 Å². The fourth-order valence-electron chi connectivity index (χ4n) is 0.804. The second-order valence-electron chi connectivity index (χ2n) is 2.61. The normalized spacial score (nSPS) is 11.2. The first-order valence-corrected chi connectivity index (χ1v) is 4.75. The molecule has 0 bridgehead atoms. The van der Waals surface area contributed by atoms with E-state index in [4.69, 9.17) is 0 Å². The molecule has 0 spiro atoms. The van der Waals surface area contributed by atoms with Crippen molar-refractivity contribution in [3.05, 3.63) is 21.8 Å². The number of aromatic hydroxyl groups is 1. The highest BCUT2D eigenvalue weighted by atomic mass is 127. The van der Waals surface area contributed by atoms with E-state index in [2.05, 4.69) is 0 Å². The number of nitrogens with one attached hydrogen (secondary N) is 1. The van der Waals surface area contributed by atoms with Gasteiger partial charge in [-0.2, -0.15) is 13.2 Å². The molecule has 0 aliphatic heterocycles. The van der Waals surface area contributed by atoms with E-state index in [1.807, 2.05) is 22.6 Å². The first kappa shape index (κ1) is 12.1. The molecular weight excluding hydrogens is 326 g/mol. The monoisotopic (exact) mass is 331 g/mol. The first-order chi connectivity index (χ1) is 6.80. The summed E-state index contributed by atoms with van der Waals surface area (Å²) in [6, 6.07) is 3.90. The van der Waals surface area contributed by atoms with Crippen LogP contribution >= 0.6 is 22.6 Å². The Morgan fingerprint density at radius 2 is 2.00 bits per heavy atom. The topological polar surface area (TPSA) is 49.3 Å². The van der Waals surface area contributed by atoms with Gasteiger partial charge in [0.1, 0.15) is 5.75 Å². The number of alkyl halides is 3. The van der Waals surface area contributed by atoms with Crippen LogP contribution in [-0.2, 0) is 4.79 Å². The largest absolute Gasteiger partial charge is 0.506 e. The van der Waals surface area contributed by atoms with Crippen LogP contribution in [0.4, 0.5) is 18.9 Å². The number of anilines is 1. The summed E-state index contributed by atoms with van der Waals surface area (Å²) >= 11 is 1.88. The summed E-state index contributed by atoms with van der Waals surface area (Å²) in [4.78, 5) is 10.5. The predicted octanol–water partition coefficient (Wildman–Crippen LogP) is 2.50. The third-order valence-corrected chi connectivity index (χ3v) is 2.14. The minimum Gasteiger partial charge on any atom is -0.506 e. The van der Waals surface area contributed by atoms with E-state index in [0.717, 1.165) is 0 Å². The number of amides is 1. The molecule has 0 saturated carbocycles. The van der Waals surface area contributed by atoms with Gasteiger partial charge in [-0.3, -0.25) is 4.79 Å². The maximum Gasteiger partial charge on any atom is 0.471 e. The molecule has 15 heavy (non-hydrogen) atoms. The van der Waals surface area contributed by atoms with Crippen LogP contribution in [0.2, 0.25) is 0 Å². The number of benzene rings is 1. The fraction of sp³-hybridized carbons (Fsp3) is 0.125. The van der Waals surface area contributed by atoms with E-state index in [9.17, 15) is 23.1 Å². The molecule has 82 valence electrons. The van der Waals surface area contributed by atoms with Gasteiger partial charge in [0, 0.05) is 3.57 Å². The Morgan fingerprint density at radius 1 is 1.40 bits per heavy atom. The maximum atomic E-state index is 11.9. The van der Waals surface area contributed by atoms with Gasteiger partial charge in [0.15, 0.2) is 0 Å². The van der Waals surface area contributed by atoms with Gasteiger partial charge in [0.05, 0.1) is 5.69 Å².